The van der Waals surface area contributed by atoms with Gasteiger partial charge >= 0.3 is 0 Å². The number of amides is 1. The van der Waals surface area contributed by atoms with Crippen LogP contribution in [0.1, 0.15) is 35.4 Å². The van der Waals surface area contributed by atoms with E-state index in [0.29, 0.717) is 18.0 Å². The largest absolute Gasteiger partial charge is 0.497 e. The highest BCUT2D eigenvalue weighted by Crippen LogP contribution is 2.39. The van der Waals surface area contributed by atoms with Crippen molar-refractivity contribution in [3.05, 3.63) is 77.4 Å². The number of hydrogen-bond donors (Lipinski definition) is 0. The lowest BCUT2D eigenvalue weighted by molar-refractivity contribution is -0.120. The summed E-state index contributed by atoms with van der Waals surface area (Å²) in [6.45, 7) is 0.677. The highest BCUT2D eigenvalue weighted by Gasteiger charge is 2.32. The Kier molecular flexibility index (Phi) is 6.05. The van der Waals surface area contributed by atoms with Gasteiger partial charge in [-0.05, 0) is 72.4 Å². The molecule has 3 aromatic rings. The number of carbonyl (C=O) groups excluding carboxylic acids is 1. The first-order chi connectivity index (χ1) is 16.5. The fourth-order valence-corrected chi connectivity index (χ4v) is 4.78. The average Bonchev–Trinajstić information content (AvgIpc) is 3.34. The number of methoxy groups -OCH3 is 1. The molecule has 0 bridgehead atoms. The first-order valence-electron chi connectivity index (χ1n) is 11.7. The lowest BCUT2D eigenvalue weighted by atomic mass is 9.81. The molecule has 6 heteroatoms. The summed E-state index contributed by atoms with van der Waals surface area (Å²) in [5.74, 6) is 2.03. The molecule has 0 spiro atoms. The number of fused-ring (bicyclic) bond motifs is 2. The van der Waals surface area contributed by atoms with Crippen LogP contribution < -0.4 is 24.0 Å². The van der Waals surface area contributed by atoms with E-state index >= 15 is 0 Å². The van der Waals surface area contributed by atoms with Crippen molar-refractivity contribution in [3.8, 4) is 17.2 Å². The van der Waals surface area contributed by atoms with Gasteiger partial charge in [0.1, 0.15) is 5.75 Å². The Hall–Kier alpha value is -3.67. The first-order valence-corrected chi connectivity index (χ1v) is 11.7. The zero-order valence-corrected chi connectivity index (χ0v) is 19.9. The summed E-state index contributed by atoms with van der Waals surface area (Å²) in [7, 11) is 5.70. The van der Waals surface area contributed by atoms with Crippen molar-refractivity contribution in [2.24, 2.45) is 0 Å². The van der Waals surface area contributed by atoms with E-state index in [1.807, 2.05) is 49.3 Å². The van der Waals surface area contributed by atoms with Crippen LogP contribution >= 0.6 is 0 Å². The minimum absolute atomic E-state index is 0.0877. The summed E-state index contributed by atoms with van der Waals surface area (Å²) in [5, 5.41) is 0. The van der Waals surface area contributed by atoms with Crippen LogP contribution in [0.3, 0.4) is 0 Å². The van der Waals surface area contributed by atoms with Crippen LogP contribution in [0.4, 0.5) is 11.4 Å². The van der Waals surface area contributed by atoms with E-state index < -0.39 is 0 Å². The fraction of sp³-hybridized carbons (Fsp3) is 0.321. The van der Waals surface area contributed by atoms with Crippen molar-refractivity contribution in [1.82, 2.24) is 0 Å². The number of aryl methyl sites for hydroxylation is 1. The molecule has 1 amide bonds. The van der Waals surface area contributed by atoms with E-state index in [0.717, 1.165) is 47.5 Å². The van der Waals surface area contributed by atoms with Crippen molar-refractivity contribution in [2.45, 2.75) is 31.7 Å². The molecule has 1 aliphatic carbocycles. The van der Waals surface area contributed by atoms with Gasteiger partial charge in [0.05, 0.1) is 19.6 Å². The molecule has 0 N–H and O–H groups in total. The summed E-state index contributed by atoms with van der Waals surface area (Å²) in [5.41, 5.74) is 5.30. The van der Waals surface area contributed by atoms with Gasteiger partial charge in [-0.25, -0.2) is 0 Å². The predicted molar refractivity (Wildman–Crippen MR) is 133 cm³/mol. The van der Waals surface area contributed by atoms with Gasteiger partial charge in [-0.15, -0.1) is 0 Å². The van der Waals surface area contributed by atoms with Gasteiger partial charge in [-0.3, -0.25) is 4.79 Å². The number of rotatable bonds is 6. The topological polar surface area (TPSA) is 51.2 Å². The molecule has 0 fully saturated rings. The second-order valence-corrected chi connectivity index (χ2v) is 9.03. The number of hydrogen-bond acceptors (Lipinski definition) is 5. The molecule has 3 aromatic carbocycles. The van der Waals surface area contributed by atoms with Crippen LogP contribution in [0.2, 0.25) is 0 Å². The molecule has 0 aromatic heterocycles. The van der Waals surface area contributed by atoms with Gasteiger partial charge in [-0.2, -0.15) is 0 Å². The van der Waals surface area contributed by atoms with E-state index in [2.05, 4.69) is 35.2 Å². The number of nitrogens with zero attached hydrogens (tertiary/aromatic N) is 2. The molecule has 176 valence electrons. The number of carbonyl (C=O) groups is 1. The summed E-state index contributed by atoms with van der Waals surface area (Å²) in [6, 6.07) is 20.2. The SMILES string of the molecule is COc1ccc2c(c1)C(C(=O)N(Cc1ccc(N(C)C)cc1)c1ccc3c(c1)OCO3)CCC2. The maximum atomic E-state index is 14.1. The molecular weight excluding hydrogens is 428 g/mol. The van der Waals surface area contributed by atoms with Crippen molar-refractivity contribution in [2.75, 3.05) is 37.8 Å². The fourth-order valence-electron chi connectivity index (χ4n) is 4.78. The van der Waals surface area contributed by atoms with Crippen molar-refractivity contribution >= 4 is 17.3 Å². The molecule has 0 saturated heterocycles. The van der Waals surface area contributed by atoms with Gasteiger partial charge in [0, 0.05) is 31.5 Å². The molecule has 2 aliphatic rings. The number of ether oxygens (including phenoxy) is 3. The maximum Gasteiger partial charge on any atom is 0.234 e. The lowest BCUT2D eigenvalue weighted by Crippen LogP contribution is -2.36. The second-order valence-electron chi connectivity index (χ2n) is 9.03. The number of benzene rings is 3. The minimum atomic E-state index is -0.217. The first kappa shape index (κ1) is 22.1. The second kappa shape index (κ2) is 9.29. The molecule has 6 nitrogen and oxygen atoms in total. The number of anilines is 2. The standard InChI is InChI=1S/C28H30N2O4/c1-29(2)21-10-7-19(8-11-21)17-30(22-12-14-26-27(15-22)34-18-33-26)28(31)24-6-4-5-20-9-13-23(32-3)16-25(20)24/h7-16,24H,4-6,17-18H2,1-3H3. The monoisotopic (exact) mass is 458 g/mol. The Bertz CT molecular complexity index is 1190. The third-order valence-electron chi connectivity index (χ3n) is 6.69. The summed E-state index contributed by atoms with van der Waals surface area (Å²) < 4.78 is 16.6. The normalized spacial score (nSPS) is 16.0. The van der Waals surface area contributed by atoms with E-state index in [1.165, 1.54) is 5.56 Å². The molecule has 1 atom stereocenters. The van der Waals surface area contributed by atoms with Crippen LogP contribution in [-0.4, -0.2) is 33.9 Å². The molecule has 34 heavy (non-hydrogen) atoms. The van der Waals surface area contributed by atoms with E-state index in [9.17, 15) is 4.79 Å². The van der Waals surface area contributed by atoms with E-state index in [1.54, 1.807) is 7.11 Å². The van der Waals surface area contributed by atoms with Crippen molar-refractivity contribution < 1.29 is 19.0 Å². The van der Waals surface area contributed by atoms with E-state index in [4.69, 9.17) is 14.2 Å². The average molecular weight is 459 g/mol. The highest BCUT2D eigenvalue weighted by molar-refractivity contribution is 5.98. The molecule has 1 aliphatic heterocycles. The molecule has 0 saturated carbocycles. The summed E-state index contributed by atoms with van der Waals surface area (Å²) in [4.78, 5) is 18.1. The van der Waals surface area contributed by atoms with Crippen LogP contribution in [0.5, 0.6) is 17.2 Å². The van der Waals surface area contributed by atoms with Gasteiger partial charge in [-0.1, -0.05) is 18.2 Å². The lowest BCUT2D eigenvalue weighted by Gasteiger charge is -2.31. The van der Waals surface area contributed by atoms with Crippen molar-refractivity contribution in [3.63, 3.8) is 0 Å². The molecule has 1 heterocycles. The van der Waals surface area contributed by atoms with Crippen LogP contribution in [0.15, 0.2) is 60.7 Å². The highest BCUT2D eigenvalue weighted by atomic mass is 16.7. The predicted octanol–water partition coefficient (Wildman–Crippen LogP) is 5.14. The maximum absolute atomic E-state index is 14.1. The van der Waals surface area contributed by atoms with Crippen molar-refractivity contribution in [1.29, 1.82) is 0 Å². The van der Waals surface area contributed by atoms with Gasteiger partial charge in [0.15, 0.2) is 11.5 Å². The molecule has 0 radical (unpaired) electrons. The molecule has 1 unspecified atom stereocenters. The minimum Gasteiger partial charge on any atom is -0.497 e. The Balaban J connectivity index is 1.51. The van der Waals surface area contributed by atoms with Gasteiger partial charge in [0.25, 0.3) is 0 Å². The molecular formula is C28H30N2O4. The third-order valence-corrected chi connectivity index (χ3v) is 6.69. The smallest absolute Gasteiger partial charge is 0.234 e. The van der Waals surface area contributed by atoms with Crippen LogP contribution in [0.25, 0.3) is 0 Å². The summed E-state index contributed by atoms with van der Waals surface area (Å²) in [6.07, 6.45) is 2.79. The zero-order chi connectivity index (χ0) is 23.7. The zero-order valence-electron chi connectivity index (χ0n) is 19.9. The van der Waals surface area contributed by atoms with Crippen LogP contribution in [-0.2, 0) is 17.8 Å². The molecule has 5 rings (SSSR count). The Labute approximate surface area is 200 Å². The van der Waals surface area contributed by atoms with E-state index in [-0.39, 0.29) is 18.6 Å². The van der Waals surface area contributed by atoms with Crippen LogP contribution in [0, 0.1) is 0 Å². The quantitative estimate of drug-likeness (QED) is 0.512. The Morgan fingerprint density at radius 2 is 1.74 bits per heavy atom. The third kappa shape index (κ3) is 4.28. The summed E-state index contributed by atoms with van der Waals surface area (Å²) >= 11 is 0. The Morgan fingerprint density at radius 1 is 0.971 bits per heavy atom. The Morgan fingerprint density at radius 3 is 2.50 bits per heavy atom. The van der Waals surface area contributed by atoms with Gasteiger partial charge in [0.2, 0.25) is 12.7 Å². The van der Waals surface area contributed by atoms with Gasteiger partial charge < -0.3 is 24.0 Å².